The quantitative estimate of drug-likeness (QED) is 0.684. The van der Waals surface area contributed by atoms with Crippen LogP contribution in [0.1, 0.15) is 29.3 Å². The number of benzene rings is 2. The first-order chi connectivity index (χ1) is 12.0. The average Bonchev–Trinajstić information content (AvgIpc) is 2.65. The maximum absolute atomic E-state index is 13.3. The number of rotatable bonds is 8. The van der Waals surface area contributed by atoms with Crippen LogP contribution in [0.25, 0.3) is 0 Å². The average molecular weight is 341 g/mol. The van der Waals surface area contributed by atoms with Crippen LogP contribution in [0.3, 0.4) is 0 Å². The molecule has 2 aromatic carbocycles. The van der Waals surface area contributed by atoms with Crippen LogP contribution in [0.2, 0.25) is 0 Å². The zero-order valence-corrected chi connectivity index (χ0v) is 15.7. The third kappa shape index (κ3) is 3.85. The summed E-state index contributed by atoms with van der Waals surface area (Å²) in [7, 11) is 7.17. The largest absolute Gasteiger partial charge is 0.493 e. The van der Waals surface area contributed by atoms with E-state index in [0.29, 0.717) is 24.3 Å². The van der Waals surface area contributed by atoms with Gasteiger partial charge in [-0.3, -0.25) is 9.69 Å². The van der Waals surface area contributed by atoms with E-state index in [2.05, 4.69) is 6.92 Å². The van der Waals surface area contributed by atoms with Gasteiger partial charge in [-0.15, -0.1) is 0 Å². The summed E-state index contributed by atoms with van der Waals surface area (Å²) in [5.74, 6) is 1.50. The summed E-state index contributed by atoms with van der Waals surface area (Å²) in [5.41, 5.74) is 1.16. The van der Waals surface area contributed by atoms with Crippen LogP contribution in [-0.2, 0) is 6.42 Å². The van der Waals surface area contributed by atoms with E-state index in [1.807, 2.05) is 67.5 Å². The fourth-order valence-corrected chi connectivity index (χ4v) is 3.23. The van der Waals surface area contributed by atoms with Gasteiger partial charge < -0.3 is 9.47 Å². The molecule has 4 heteroatoms. The molecule has 0 radical (unpaired) electrons. The SMILES string of the molecule is CCC(Cc1ccc(OC)c(OC)c1)(C(=O)c1ccccc1)N(C)C. The molecule has 0 aromatic heterocycles. The summed E-state index contributed by atoms with van der Waals surface area (Å²) in [5, 5.41) is 0. The van der Waals surface area contributed by atoms with Gasteiger partial charge in [0.2, 0.25) is 0 Å². The van der Waals surface area contributed by atoms with Crippen molar-refractivity contribution in [2.75, 3.05) is 28.3 Å². The molecule has 0 heterocycles. The highest BCUT2D eigenvalue weighted by molar-refractivity contribution is 6.03. The van der Waals surface area contributed by atoms with E-state index in [9.17, 15) is 4.79 Å². The highest BCUT2D eigenvalue weighted by Gasteiger charge is 2.39. The molecule has 0 aliphatic carbocycles. The molecular weight excluding hydrogens is 314 g/mol. The van der Waals surface area contributed by atoms with Crippen molar-refractivity contribution >= 4 is 5.78 Å². The van der Waals surface area contributed by atoms with Crippen LogP contribution in [0.5, 0.6) is 11.5 Å². The Balaban J connectivity index is 2.43. The second kappa shape index (κ2) is 8.17. The second-order valence-electron chi connectivity index (χ2n) is 6.34. The van der Waals surface area contributed by atoms with E-state index >= 15 is 0 Å². The molecule has 2 aromatic rings. The number of ketones is 1. The smallest absolute Gasteiger partial charge is 0.183 e. The van der Waals surface area contributed by atoms with Crippen molar-refractivity contribution in [3.63, 3.8) is 0 Å². The van der Waals surface area contributed by atoms with Crippen LogP contribution < -0.4 is 9.47 Å². The summed E-state index contributed by atoms with van der Waals surface area (Å²) in [6.45, 7) is 2.06. The first kappa shape index (κ1) is 19.0. The minimum Gasteiger partial charge on any atom is -0.493 e. The number of hydrogen-bond donors (Lipinski definition) is 0. The normalized spacial score (nSPS) is 13.4. The van der Waals surface area contributed by atoms with Crippen molar-refractivity contribution in [3.8, 4) is 11.5 Å². The lowest BCUT2D eigenvalue weighted by Gasteiger charge is -2.38. The van der Waals surface area contributed by atoms with E-state index in [1.54, 1.807) is 14.2 Å². The highest BCUT2D eigenvalue weighted by Crippen LogP contribution is 2.32. The molecule has 0 fully saturated rings. The van der Waals surface area contributed by atoms with Gasteiger partial charge in [0.1, 0.15) is 0 Å². The summed E-state index contributed by atoms with van der Waals surface area (Å²) in [6, 6.07) is 15.3. The predicted molar refractivity (Wildman–Crippen MR) is 101 cm³/mol. The Morgan fingerprint density at radius 3 is 2.16 bits per heavy atom. The Hall–Kier alpha value is -2.33. The van der Waals surface area contributed by atoms with Crippen LogP contribution in [-0.4, -0.2) is 44.5 Å². The third-order valence-electron chi connectivity index (χ3n) is 4.84. The molecule has 0 amide bonds. The van der Waals surface area contributed by atoms with E-state index in [4.69, 9.17) is 9.47 Å². The first-order valence-electron chi connectivity index (χ1n) is 8.46. The van der Waals surface area contributed by atoms with Crippen molar-refractivity contribution in [2.45, 2.75) is 25.3 Å². The lowest BCUT2D eigenvalue weighted by atomic mass is 9.80. The van der Waals surface area contributed by atoms with Crippen LogP contribution >= 0.6 is 0 Å². The van der Waals surface area contributed by atoms with Crippen molar-refractivity contribution in [2.24, 2.45) is 0 Å². The van der Waals surface area contributed by atoms with Crippen molar-refractivity contribution in [3.05, 3.63) is 59.7 Å². The van der Waals surface area contributed by atoms with E-state index in [1.165, 1.54) is 0 Å². The first-order valence-corrected chi connectivity index (χ1v) is 8.46. The Bertz CT molecular complexity index is 712. The van der Waals surface area contributed by atoms with Gasteiger partial charge in [-0.25, -0.2) is 0 Å². The summed E-state index contributed by atoms with van der Waals surface area (Å²) in [4.78, 5) is 15.4. The van der Waals surface area contributed by atoms with Gasteiger partial charge in [0.25, 0.3) is 0 Å². The van der Waals surface area contributed by atoms with Crippen molar-refractivity contribution in [1.82, 2.24) is 4.90 Å². The highest BCUT2D eigenvalue weighted by atomic mass is 16.5. The molecule has 0 aliphatic rings. The number of carbonyl (C=O) groups is 1. The van der Waals surface area contributed by atoms with Gasteiger partial charge >= 0.3 is 0 Å². The lowest BCUT2D eigenvalue weighted by molar-refractivity contribution is 0.0666. The van der Waals surface area contributed by atoms with Crippen molar-refractivity contribution < 1.29 is 14.3 Å². The number of hydrogen-bond acceptors (Lipinski definition) is 4. The van der Waals surface area contributed by atoms with E-state index in [0.717, 1.165) is 11.1 Å². The topological polar surface area (TPSA) is 38.8 Å². The third-order valence-corrected chi connectivity index (χ3v) is 4.84. The molecule has 0 N–H and O–H groups in total. The molecular formula is C21H27NO3. The summed E-state index contributed by atoms with van der Waals surface area (Å²) in [6.07, 6.45) is 1.31. The van der Waals surface area contributed by atoms with Crippen LogP contribution in [0, 0.1) is 0 Å². The number of nitrogens with zero attached hydrogens (tertiary/aromatic N) is 1. The van der Waals surface area contributed by atoms with Gasteiger partial charge in [-0.1, -0.05) is 43.3 Å². The fraction of sp³-hybridized carbons (Fsp3) is 0.381. The fourth-order valence-electron chi connectivity index (χ4n) is 3.23. The minimum atomic E-state index is -0.610. The van der Waals surface area contributed by atoms with Crippen LogP contribution in [0.15, 0.2) is 48.5 Å². The molecule has 0 saturated heterocycles. The lowest BCUT2D eigenvalue weighted by Crippen LogP contribution is -2.52. The van der Waals surface area contributed by atoms with Gasteiger partial charge in [0.05, 0.1) is 19.8 Å². The summed E-state index contributed by atoms with van der Waals surface area (Å²) >= 11 is 0. The molecule has 25 heavy (non-hydrogen) atoms. The standard InChI is InChI=1S/C21H27NO3/c1-6-21(22(2)3,20(23)17-10-8-7-9-11-17)15-16-12-13-18(24-4)19(14-16)25-5/h7-14H,6,15H2,1-5H3. The predicted octanol–water partition coefficient (Wildman–Crippen LogP) is 3.84. The number of carbonyl (C=O) groups excluding carboxylic acids is 1. The molecule has 2 rings (SSSR count). The maximum atomic E-state index is 13.3. The molecule has 4 nitrogen and oxygen atoms in total. The maximum Gasteiger partial charge on any atom is 0.183 e. The molecule has 1 unspecified atom stereocenters. The summed E-state index contributed by atoms with van der Waals surface area (Å²) < 4.78 is 10.7. The van der Waals surface area contributed by atoms with Gasteiger partial charge in [-0.2, -0.15) is 0 Å². The second-order valence-corrected chi connectivity index (χ2v) is 6.34. The van der Waals surface area contributed by atoms with E-state index in [-0.39, 0.29) is 5.78 Å². The Labute approximate surface area is 150 Å². The van der Waals surface area contributed by atoms with E-state index < -0.39 is 5.54 Å². The molecule has 0 saturated carbocycles. The molecule has 1 atom stereocenters. The van der Waals surface area contributed by atoms with Crippen molar-refractivity contribution in [1.29, 1.82) is 0 Å². The minimum absolute atomic E-state index is 0.135. The Morgan fingerprint density at radius 2 is 1.64 bits per heavy atom. The van der Waals surface area contributed by atoms with Gasteiger partial charge in [0.15, 0.2) is 17.3 Å². The zero-order chi connectivity index (χ0) is 18.4. The molecule has 0 aliphatic heterocycles. The zero-order valence-electron chi connectivity index (χ0n) is 15.7. The Morgan fingerprint density at radius 1 is 1.00 bits per heavy atom. The van der Waals surface area contributed by atoms with Gasteiger partial charge in [0, 0.05) is 5.56 Å². The van der Waals surface area contributed by atoms with Gasteiger partial charge in [-0.05, 0) is 44.6 Å². The Kier molecular flexibility index (Phi) is 6.21. The monoisotopic (exact) mass is 341 g/mol. The number of methoxy groups -OCH3 is 2. The molecule has 0 spiro atoms. The van der Waals surface area contributed by atoms with Crippen LogP contribution in [0.4, 0.5) is 0 Å². The number of ether oxygens (including phenoxy) is 2. The molecule has 0 bridgehead atoms. The number of likely N-dealkylation sites (N-methyl/N-ethyl adjacent to an activating group) is 1. The molecule has 134 valence electrons. The number of Topliss-reactive ketones (excluding diaryl/α,β-unsaturated/α-hetero) is 1.